The lowest BCUT2D eigenvalue weighted by atomic mass is 9.90. The van der Waals surface area contributed by atoms with E-state index in [4.69, 9.17) is 10.00 Å². The van der Waals surface area contributed by atoms with Crippen molar-refractivity contribution in [1.82, 2.24) is 5.32 Å². The highest BCUT2D eigenvalue weighted by atomic mass is 16.5. The highest BCUT2D eigenvalue weighted by Gasteiger charge is 2.29. The van der Waals surface area contributed by atoms with Crippen LogP contribution in [0.2, 0.25) is 0 Å². The van der Waals surface area contributed by atoms with E-state index in [-0.39, 0.29) is 6.10 Å². The van der Waals surface area contributed by atoms with Gasteiger partial charge in [-0.3, -0.25) is 5.32 Å². The molecule has 2 atom stereocenters. The maximum absolute atomic E-state index is 8.93. The monoisotopic (exact) mass is 196 g/mol. The summed E-state index contributed by atoms with van der Waals surface area (Å²) in [6, 6.07) is 2.60. The van der Waals surface area contributed by atoms with Gasteiger partial charge in [0.05, 0.1) is 12.2 Å². The molecule has 1 rings (SSSR count). The number of hydrogen-bond acceptors (Lipinski definition) is 3. The number of methoxy groups -OCH3 is 1. The van der Waals surface area contributed by atoms with Crippen molar-refractivity contribution >= 4 is 0 Å². The molecule has 80 valence electrons. The second kappa shape index (κ2) is 4.77. The van der Waals surface area contributed by atoms with Crippen LogP contribution in [0.4, 0.5) is 0 Å². The van der Waals surface area contributed by atoms with Gasteiger partial charge in [0.2, 0.25) is 0 Å². The average molecular weight is 196 g/mol. The molecule has 0 aromatic carbocycles. The van der Waals surface area contributed by atoms with Gasteiger partial charge in [-0.25, -0.2) is 0 Å². The molecule has 0 aromatic heterocycles. The van der Waals surface area contributed by atoms with Gasteiger partial charge < -0.3 is 4.74 Å². The molecule has 0 aromatic rings. The third kappa shape index (κ3) is 2.97. The van der Waals surface area contributed by atoms with Gasteiger partial charge in [0, 0.05) is 13.2 Å². The third-order valence-electron chi connectivity index (χ3n) is 2.83. The van der Waals surface area contributed by atoms with Gasteiger partial charge >= 0.3 is 0 Å². The minimum Gasteiger partial charge on any atom is -0.380 e. The molecule has 0 amide bonds. The van der Waals surface area contributed by atoms with Gasteiger partial charge in [0.25, 0.3) is 0 Å². The number of rotatable bonds is 3. The Labute approximate surface area is 86.4 Å². The summed E-state index contributed by atoms with van der Waals surface area (Å²) in [6.45, 7) is 3.82. The Balaban J connectivity index is 2.53. The Morgan fingerprint density at radius 2 is 2.00 bits per heavy atom. The normalized spacial score (nSPS) is 28.4. The van der Waals surface area contributed by atoms with Crippen LogP contribution in [0.3, 0.4) is 0 Å². The molecular weight excluding hydrogens is 176 g/mol. The van der Waals surface area contributed by atoms with Crippen molar-refractivity contribution in [3.8, 4) is 6.07 Å². The number of nitriles is 1. The zero-order valence-corrected chi connectivity index (χ0v) is 9.34. The lowest BCUT2D eigenvalue weighted by Crippen LogP contribution is -2.52. The van der Waals surface area contributed by atoms with Crippen LogP contribution in [-0.4, -0.2) is 24.8 Å². The second-order valence-corrected chi connectivity index (χ2v) is 4.55. The number of nitrogens with one attached hydrogen (secondary N) is 1. The number of nitrogens with zero attached hydrogens (tertiary/aromatic N) is 1. The molecule has 0 radical (unpaired) electrons. The van der Waals surface area contributed by atoms with Crippen LogP contribution in [0.25, 0.3) is 0 Å². The van der Waals surface area contributed by atoms with Crippen molar-refractivity contribution < 1.29 is 4.74 Å². The molecule has 1 aliphatic rings. The molecular formula is C11H20N2O. The van der Waals surface area contributed by atoms with E-state index in [1.165, 1.54) is 12.8 Å². The first kappa shape index (κ1) is 11.5. The fourth-order valence-corrected chi connectivity index (χ4v) is 2.04. The van der Waals surface area contributed by atoms with E-state index in [0.29, 0.717) is 6.04 Å². The van der Waals surface area contributed by atoms with Crippen molar-refractivity contribution in [3.63, 3.8) is 0 Å². The minimum absolute atomic E-state index is 0.274. The van der Waals surface area contributed by atoms with Crippen LogP contribution in [0, 0.1) is 11.3 Å². The molecule has 0 heterocycles. The number of hydrogen-bond donors (Lipinski definition) is 1. The maximum Gasteiger partial charge on any atom is 0.101 e. The zero-order chi connectivity index (χ0) is 10.6. The molecule has 3 nitrogen and oxygen atoms in total. The summed E-state index contributed by atoms with van der Waals surface area (Å²) in [5, 5.41) is 12.3. The molecule has 0 bridgehead atoms. The van der Waals surface area contributed by atoms with Gasteiger partial charge in [0.15, 0.2) is 0 Å². The third-order valence-corrected chi connectivity index (χ3v) is 2.83. The summed E-state index contributed by atoms with van der Waals surface area (Å²) in [5.74, 6) is 0. The fraction of sp³-hybridized carbons (Fsp3) is 0.909. The van der Waals surface area contributed by atoms with E-state index in [1.807, 2.05) is 13.8 Å². The Morgan fingerprint density at radius 3 is 2.57 bits per heavy atom. The molecule has 1 N–H and O–H groups in total. The summed E-state index contributed by atoms with van der Waals surface area (Å²) < 4.78 is 5.42. The Kier molecular flexibility index (Phi) is 3.91. The lowest BCUT2D eigenvalue weighted by molar-refractivity contribution is 0.0356. The highest BCUT2D eigenvalue weighted by molar-refractivity contribution is 5.03. The smallest absolute Gasteiger partial charge is 0.101 e. The van der Waals surface area contributed by atoms with Crippen molar-refractivity contribution in [1.29, 1.82) is 5.26 Å². The van der Waals surface area contributed by atoms with E-state index >= 15 is 0 Å². The van der Waals surface area contributed by atoms with Crippen LogP contribution in [-0.2, 0) is 4.74 Å². The van der Waals surface area contributed by atoms with Gasteiger partial charge in [-0.15, -0.1) is 0 Å². The van der Waals surface area contributed by atoms with E-state index in [2.05, 4.69) is 11.4 Å². The molecule has 14 heavy (non-hydrogen) atoms. The Bertz CT molecular complexity index is 220. The number of ether oxygens (including phenoxy) is 1. The first-order valence-electron chi connectivity index (χ1n) is 5.31. The average Bonchev–Trinajstić information content (AvgIpc) is 2.18. The maximum atomic E-state index is 8.93. The molecule has 0 aliphatic heterocycles. The molecule has 1 saturated carbocycles. The quantitative estimate of drug-likeness (QED) is 0.749. The second-order valence-electron chi connectivity index (χ2n) is 4.55. The molecule has 0 spiro atoms. The van der Waals surface area contributed by atoms with Crippen LogP contribution in [0.15, 0.2) is 0 Å². The molecule has 0 unspecified atom stereocenters. The minimum atomic E-state index is -0.446. The molecule has 0 saturated heterocycles. The Morgan fingerprint density at radius 1 is 1.36 bits per heavy atom. The standard InChI is InChI=1S/C11H20N2O/c1-11(2,8-12)13-9-6-4-5-7-10(9)14-3/h9-10,13H,4-7H2,1-3H3/t9-,10-/m0/s1. The van der Waals surface area contributed by atoms with Crippen molar-refractivity contribution in [2.75, 3.05) is 7.11 Å². The van der Waals surface area contributed by atoms with Crippen molar-refractivity contribution in [3.05, 3.63) is 0 Å². The van der Waals surface area contributed by atoms with E-state index in [9.17, 15) is 0 Å². The predicted molar refractivity (Wildman–Crippen MR) is 55.9 cm³/mol. The van der Waals surface area contributed by atoms with Gasteiger partial charge in [-0.1, -0.05) is 12.8 Å². The van der Waals surface area contributed by atoms with Crippen LogP contribution in [0.1, 0.15) is 39.5 Å². The van der Waals surface area contributed by atoms with Gasteiger partial charge in [-0.2, -0.15) is 5.26 Å². The van der Waals surface area contributed by atoms with E-state index in [1.54, 1.807) is 7.11 Å². The SMILES string of the molecule is CO[C@H]1CCCC[C@@H]1NC(C)(C)C#N. The zero-order valence-electron chi connectivity index (χ0n) is 9.34. The first-order chi connectivity index (χ1) is 6.59. The summed E-state index contributed by atoms with van der Waals surface area (Å²) in [7, 11) is 1.75. The fourth-order valence-electron chi connectivity index (χ4n) is 2.04. The summed E-state index contributed by atoms with van der Waals surface area (Å²) >= 11 is 0. The summed E-state index contributed by atoms with van der Waals surface area (Å²) in [6.07, 6.45) is 4.97. The van der Waals surface area contributed by atoms with Crippen LogP contribution >= 0.6 is 0 Å². The predicted octanol–water partition coefficient (Wildman–Crippen LogP) is 1.84. The first-order valence-corrected chi connectivity index (χ1v) is 5.31. The van der Waals surface area contributed by atoms with E-state index < -0.39 is 5.54 Å². The molecule has 1 fully saturated rings. The lowest BCUT2D eigenvalue weighted by Gasteiger charge is -2.35. The highest BCUT2D eigenvalue weighted by Crippen LogP contribution is 2.22. The molecule has 1 aliphatic carbocycles. The summed E-state index contributed by atoms with van der Waals surface area (Å²) in [5.41, 5.74) is -0.446. The van der Waals surface area contributed by atoms with Crippen molar-refractivity contribution in [2.45, 2.75) is 57.2 Å². The summed E-state index contributed by atoms with van der Waals surface area (Å²) in [4.78, 5) is 0. The topological polar surface area (TPSA) is 45.0 Å². The van der Waals surface area contributed by atoms with E-state index in [0.717, 1.165) is 12.8 Å². The van der Waals surface area contributed by atoms with Gasteiger partial charge in [-0.05, 0) is 26.7 Å². The van der Waals surface area contributed by atoms with Gasteiger partial charge in [0.1, 0.15) is 5.54 Å². The van der Waals surface area contributed by atoms with Crippen LogP contribution in [0.5, 0.6) is 0 Å². The van der Waals surface area contributed by atoms with Crippen molar-refractivity contribution in [2.24, 2.45) is 0 Å². The largest absolute Gasteiger partial charge is 0.380 e. The Hall–Kier alpha value is -0.590. The van der Waals surface area contributed by atoms with Crippen LogP contribution < -0.4 is 5.32 Å². The molecule has 3 heteroatoms.